The Hall–Kier alpha value is -3.33. The number of rotatable bonds is 8. The summed E-state index contributed by atoms with van der Waals surface area (Å²) in [7, 11) is 1.85. The van der Waals surface area contributed by atoms with E-state index in [9.17, 15) is 10.1 Å². The Morgan fingerprint density at radius 3 is 2.75 bits per heavy atom. The third-order valence-electron chi connectivity index (χ3n) is 4.39. The third-order valence-corrected chi connectivity index (χ3v) is 4.39. The van der Waals surface area contributed by atoms with Crippen LogP contribution in [0.3, 0.4) is 0 Å². The summed E-state index contributed by atoms with van der Waals surface area (Å²) in [5, 5.41) is 21.8. The standard InChI is InChI=1S/C19H22N6O3/c1-12(20-3)10-18-23-19(28-24-18)14-7-8-16(17(11-14)25(26)27)22-13(2)15-6-4-5-9-21-15/h4-9,11-13,20,22H,10H2,1-3H3. The molecule has 3 rings (SSSR count). The molecule has 0 bridgehead atoms. The zero-order chi connectivity index (χ0) is 20.1. The Bertz CT molecular complexity index is 944. The quantitative estimate of drug-likeness (QED) is 0.449. The van der Waals surface area contributed by atoms with E-state index in [4.69, 9.17) is 4.52 Å². The van der Waals surface area contributed by atoms with Crippen molar-refractivity contribution in [1.82, 2.24) is 20.4 Å². The van der Waals surface area contributed by atoms with Gasteiger partial charge in [-0.25, -0.2) is 0 Å². The fourth-order valence-electron chi connectivity index (χ4n) is 2.71. The lowest BCUT2D eigenvalue weighted by molar-refractivity contribution is -0.383. The molecule has 0 aliphatic rings. The molecule has 0 aliphatic carbocycles. The minimum atomic E-state index is -0.433. The molecule has 1 aromatic carbocycles. The molecule has 0 fully saturated rings. The lowest BCUT2D eigenvalue weighted by Crippen LogP contribution is -2.24. The van der Waals surface area contributed by atoms with Gasteiger partial charge in [0, 0.05) is 30.3 Å². The van der Waals surface area contributed by atoms with Crippen molar-refractivity contribution in [3.8, 4) is 11.5 Å². The molecule has 146 valence electrons. The van der Waals surface area contributed by atoms with Crippen molar-refractivity contribution in [3.63, 3.8) is 0 Å². The summed E-state index contributed by atoms with van der Waals surface area (Å²) in [5.74, 6) is 0.802. The molecule has 0 saturated heterocycles. The second kappa shape index (κ2) is 8.57. The Kier molecular flexibility index (Phi) is 5.95. The summed E-state index contributed by atoms with van der Waals surface area (Å²) < 4.78 is 5.28. The molecule has 28 heavy (non-hydrogen) atoms. The van der Waals surface area contributed by atoms with Crippen LogP contribution >= 0.6 is 0 Å². The average Bonchev–Trinajstić information content (AvgIpc) is 3.17. The molecule has 2 heterocycles. The number of nitro groups is 1. The van der Waals surface area contributed by atoms with E-state index in [2.05, 4.69) is 25.8 Å². The van der Waals surface area contributed by atoms with Crippen molar-refractivity contribution >= 4 is 11.4 Å². The average molecular weight is 382 g/mol. The normalized spacial score (nSPS) is 13.1. The maximum atomic E-state index is 11.6. The Morgan fingerprint density at radius 1 is 1.25 bits per heavy atom. The number of nitro benzene ring substituents is 1. The van der Waals surface area contributed by atoms with Crippen LogP contribution in [0.15, 0.2) is 47.1 Å². The van der Waals surface area contributed by atoms with E-state index in [1.54, 1.807) is 18.3 Å². The number of nitrogens with zero attached hydrogens (tertiary/aromatic N) is 4. The van der Waals surface area contributed by atoms with Crippen LogP contribution in [-0.4, -0.2) is 33.1 Å². The van der Waals surface area contributed by atoms with Crippen molar-refractivity contribution in [2.75, 3.05) is 12.4 Å². The van der Waals surface area contributed by atoms with Gasteiger partial charge in [0.05, 0.1) is 16.7 Å². The van der Waals surface area contributed by atoms with Gasteiger partial charge in [-0.1, -0.05) is 11.2 Å². The van der Waals surface area contributed by atoms with Crippen LogP contribution in [0.4, 0.5) is 11.4 Å². The first-order valence-electron chi connectivity index (χ1n) is 8.94. The van der Waals surface area contributed by atoms with Crippen molar-refractivity contribution < 1.29 is 9.45 Å². The second-order valence-electron chi connectivity index (χ2n) is 6.52. The van der Waals surface area contributed by atoms with Gasteiger partial charge in [-0.2, -0.15) is 4.98 Å². The summed E-state index contributed by atoms with van der Waals surface area (Å²) in [6.07, 6.45) is 2.29. The molecule has 3 aromatic rings. The summed E-state index contributed by atoms with van der Waals surface area (Å²) in [4.78, 5) is 19.8. The van der Waals surface area contributed by atoms with Crippen LogP contribution in [-0.2, 0) is 6.42 Å². The Labute approximate surface area is 162 Å². The number of anilines is 1. The zero-order valence-corrected chi connectivity index (χ0v) is 15.9. The van der Waals surface area contributed by atoms with Crippen molar-refractivity contribution in [2.24, 2.45) is 0 Å². The molecule has 0 aliphatic heterocycles. The molecular weight excluding hydrogens is 360 g/mol. The molecule has 0 radical (unpaired) electrons. The molecular formula is C19H22N6O3. The fraction of sp³-hybridized carbons (Fsp3) is 0.316. The maximum Gasteiger partial charge on any atom is 0.293 e. The summed E-state index contributed by atoms with van der Waals surface area (Å²) >= 11 is 0. The SMILES string of the molecule is CNC(C)Cc1noc(-c2ccc(NC(C)c3ccccn3)c([N+](=O)[O-])c2)n1. The topological polar surface area (TPSA) is 119 Å². The first-order chi connectivity index (χ1) is 13.5. The molecule has 2 N–H and O–H groups in total. The van der Waals surface area contributed by atoms with E-state index in [1.807, 2.05) is 39.1 Å². The van der Waals surface area contributed by atoms with Crippen molar-refractivity contribution in [2.45, 2.75) is 32.4 Å². The zero-order valence-electron chi connectivity index (χ0n) is 15.9. The highest BCUT2D eigenvalue weighted by Crippen LogP contribution is 2.32. The van der Waals surface area contributed by atoms with Gasteiger partial charge in [0.25, 0.3) is 11.6 Å². The predicted molar refractivity (Wildman–Crippen MR) is 105 cm³/mol. The number of likely N-dealkylation sites (N-methyl/N-ethyl adjacent to an activating group) is 1. The van der Waals surface area contributed by atoms with Crippen LogP contribution < -0.4 is 10.6 Å². The lowest BCUT2D eigenvalue weighted by atomic mass is 10.1. The summed E-state index contributed by atoms with van der Waals surface area (Å²) in [5.41, 5.74) is 1.62. The number of nitrogens with one attached hydrogen (secondary N) is 2. The molecule has 9 nitrogen and oxygen atoms in total. The van der Waals surface area contributed by atoms with E-state index < -0.39 is 4.92 Å². The number of benzene rings is 1. The maximum absolute atomic E-state index is 11.6. The fourth-order valence-corrected chi connectivity index (χ4v) is 2.71. The van der Waals surface area contributed by atoms with E-state index in [0.717, 1.165) is 5.69 Å². The largest absolute Gasteiger partial charge is 0.371 e. The monoisotopic (exact) mass is 382 g/mol. The van der Waals surface area contributed by atoms with Crippen LogP contribution in [0.2, 0.25) is 0 Å². The van der Waals surface area contributed by atoms with Gasteiger partial charge in [-0.05, 0) is 45.2 Å². The third kappa shape index (κ3) is 4.49. The molecule has 9 heteroatoms. The second-order valence-corrected chi connectivity index (χ2v) is 6.52. The van der Waals surface area contributed by atoms with E-state index >= 15 is 0 Å². The minimum absolute atomic E-state index is 0.0661. The number of hydrogen-bond donors (Lipinski definition) is 2. The van der Waals surface area contributed by atoms with E-state index in [0.29, 0.717) is 23.5 Å². The molecule has 0 saturated carbocycles. The first kappa shape index (κ1) is 19.4. The molecule has 2 unspecified atom stereocenters. The highest BCUT2D eigenvalue weighted by Gasteiger charge is 2.20. The van der Waals surface area contributed by atoms with Crippen LogP contribution in [0.5, 0.6) is 0 Å². The van der Waals surface area contributed by atoms with Gasteiger partial charge in [-0.3, -0.25) is 15.1 Å². The lowest BCUT2D eigenvalue weighted by Gasteiger charge is -2.15. The number of pyridine rings is 1. The Balaban J connectivity index is 1.84. The summed E-state index contributed by atoms with van der Waals surface area (Å²) in [6, 6.07) is 10.4. The highest BCUT2D eigenvalue weighted by molar-refractivity contribution is 5.70. The minimum Gasteiger partial charge on any atom is -0.371 e. The first-order valence-corrected chi connectivity index (χ1v) is 8.94. The number of aromatic nitrogens is 3. The molecule has 2 aromatic heterocycles. The summed E-state index contributed by atoms with van der Waals surface area (Å²) in [6.45, 7) is 3.90. The van der Waals surface area contributed by atoms with Gasteiger partial charge in [0.1, 0.15) is 5.69 Å². The van der Waals surface area contributed by atoms with Gasteiger partial charge in [-0.15, -0.1) is 0 Å². The van der Waals surface area contributed by atoms with Crippen LogP contribution in [0, 0.1) is 10.1 Å². The van der Waals surface area contributed by atoms with E-state index in [1.165, 1.54) is 6.07 Å². The number of hydrogen-bond acceptors (Lipinski definition) is 8. The molecule has 0 amide bonds. The van der Waals surface area contributed by atoms with Gasteiger partial charge in [0.2, 0.25) is 0 Å². The molecule has 0 spiro atoms. The van der Waals surface area contributed by atoms with E-state index in [-0.39, 0.29) is 23.7 Å². The van der Waals surface area contributed by atoms with Crippen LogP contribution in [0.1, 0.15) is 31.4 Å². The van der Waals surface area contributed by atoms with Crippen LogP contribution in [0.25, 0.3) is 11.5 Å². The van der Waals surface area contributed by atoms with Gasteiger partial charge >= 0.3 is 0 Å². The predicted octanol–water partition coefficient (Wildman–Crippen LogP) is 3.36. The van der Waals surface area contributed by atoms with Gasteiger partial charge < -0.3 is 15.2 Å². The highest BCUT2D eigenvalue weighted by atomic mass is 16.6. The smallest absolute Gasteiger partial charge is 0.293 e. The van der Waals surface area contributed by atoms with Crippen molar-refractivity contribution in [3.05, 3.63) is 64.2 Å². The molecule has 2 atom stereocenters. The van der Waals surface area contributed by atoms with Gasteiger partial charge in [0.15, 0.2) is 5.82 Å². The van der Waals surface area contributed by atoms with Crippen molar-refractivity contribution in [1.29, 1.82) is 0 Å². The Morgan fingerprint density at radius 2 is 2.07 bits per heavy atom.